The lowest BCUT2D eigenvalue weighted by molar-refractivity contribution is -0.124. The fraction of sp³-hybridized carbons (Fsp3) is 0.320. The zero-order valence-electron chi connectivity index (χ0n) is 18.2. The van der Waals surface area contributed by atoms with E-state index in [4.69, 9.17) is 11.6 Å². The molecular formula is C25H25ClN4O2. The monoisotopic (exact) mass is 448 g/mol. The largest absolute Gasteiger partial charge is 0.333 e. The Bertz CT molecular complexity index is 1190. The summed E-state index contributed by atoms with van der Waals surface area (Å²) in [6.45, 7) is 6.06. The number of rotatable bonds is 4. The standard InChI is InChI=1S/C25H25ClN4O2/c1-25(2)15-30(22-7-6-17(10-21(22)25)13-28-9-8-27-16-28)24(32)18-11-23(31)29(14-18)20-5-3-4-19(26)12-20/h3-10,12,16,18H,11,13-15H2,1-2H3. The molecule has 3 heterocycles. The zero-order chi connectivity index (χ0) is 22.5. The Kier molecular flexibility index (Phi) is 5.05. The number of fused-ring (bicyclic) bond motifs is 1. The van der Waals surface area contributed by atoms with Crippen LogP contribution in [-0.4, -0.2) is 34.5 Å². The van der Waals surface area contributed by atoms with Crippen LogP contribution < -0.4 is 9.80 Å². The van der Waals surface area contributed by atoms with Gasteiger partial charge in [0.05, 0.1) is 12.2 Å². The number of halogens is 1. The molecule has 0 spiro atoms. The summed E-state index contributed by atoms with van der Waals surface area (Å²) in [5.41, 5.74) is 3.87. The van der Waals surface area contributed by atoms with E-state index in [0.717, 1.165) is 17.9 Å². The number of nitrogens with zero attached hydrogens (tertiary/aromatic N) is 4. The van der Waals surface area contributed by atoms with Crippen molar-refractivity contribution in [2.24, 2.45) is 5.92 Å². The number of hydrogen-bond donors (Lipinski definition) is 0. The molecule has 2 aromatic carbocycles. The number of anilines is 2. The van der Waals surface area contributed by atoms with E-state index in [1.165, 1.54) is 11.1 Å². The van der Waals surface area contributed by atoms with Crippen molar-refractivity contribution in [3.63, 3.8) is 0 Å². The van der Waals surface area contributed by atoms with E-state index in [2.05, 4.69) is 31.0 Å². The molecule has 1 aromatic heterocycles. The van der Waals surface area contributed by atoms with Gasteiger partial charge in [0.15, 0.2) is 0 Å². The summed E-state index contributed by atoms with van der Waals surface area (Å²) >= 11 is 6.10. The molecule has 164 valence electrons. The molecule has 1 fully saturated rings. The van der Waals surface area contributed by atoms with Crippen LogP contribution in [-0.2, 0) is 21.5 Å². The highest BCUT2D eigenvalue weighted by Gasteiger charge is 2.43. The summed E-state index contributed by atoms with van der Waals surface area (Å²) in [6, 6.07) is 13.5. The van der Waals surface area contributed by atoms with E-state index in [-0.39, 0.29) is 29.6 Å². The molecule has 7 heteroatoms. The van der Waals surface area contributed by atoms with Gasteiger partial charge >= 0.3 is 0 Å². The Hall–Kier alpha value is -3.12. The number of benzene rings is 2. The van der Waals surface area contributed by atoms with Crippen molar-refractivity contribution in [2.45, 2.75) is 32.2 Å². The van der Waals surface area contributed by atoms with Crippen molar-refractivity contribution >= 4 is 34.8 Å². The van der Waals surface area contributed by atoms with Gasteiger partial charge in [-0.1, -0.05) is 43.6 Å². The second-order valence-corrected chi connectivity index (χ2v) is 9.72. The summed E-state index contributed by atoms with van der Waals surface area (Å²) in [7, 11) is 0. The normalized spacial score (nSPS) is 19.5. The number of carbonyl (C=O) groups excluding carboxylic acids is 2. The molecule has 1 atom stereocenters. The maximum absolute atomic E-state index is 13.5. The Morgan fingerprint density at radius 2 is 2.06 bits per heavy atom. The maximum atomic E-state index is 13.5. The molecule has 0 N–H and O–H groups in total. The van der Waals surface area contributed by atoms with Crippen LogP contribution in [0.5, 0.6) is 0 Å². The van der Waals surface area contributed by atoms with Crippen LogP contribution in [0.25, 0.3) is 0 Å². The van der Waals surface area contributed by atoms with Crippen molar-refractivity contribution in [1.82, 2.24) is 9.55 Å². The van der Waals surface area contributed by atoms with Crippen molar-refractivity contribution < 1.29 is 9.59 Å². The van der Waals surface area contributed by atoms with Gasteiger partial charge in [0.2, 0.25) is 11.8 Å². The lowest BCUT2D eigenvalue weighted by Gasteiger charge is -2.23. The van der Waals surface area contributed by atoms with Crippen LogP contribution in [0.15, 0.2) is 61.2 Å². The van der Waals surface area contributed by atoms with E-state index in [9.17, 15) is 9.59 Å². The van der Waals surface area contributed by atoms with E-state index in [0.29, 0.717) is 18.1 Å². The van der Waals surface area contributed by atoms with E-state index >= 15 is 0 Å². The molecule has 1 unspecified atom stereocenters. The maximum Gasteiger partial charge on any atom is 0.232 e. The minimum absolute atomic E-state index is 0.0112. The van der Waals surface area contributed by atoms with Crippen LogP contribution >= 0.6 is 11.6 Å². The van der Waals surface area contributed by atoms with Crippen LogP contribution in [0.2, 0.25) is 5.02 Å². The molecule has 2 amide bonds. The molecule has 0 saturated carbocycles. The summed E-state index contributed by atoms with van der Waals surface area (Å²) in [4.78, 5) is 33.9. The minimum atomic E-state index is -0.367. The number of carbonyl (C=O) groups is 2. The summed E-state index contributed by atoms with van der Waals surface area (Å²) in [6.07, 6.45) is 5.73. The second kappa shape index (κ2) is 7.78. The first-order valence-electron chi connectivity index (χ1n) is 10.8. The van der Waals surface area contributed by atoms with Crippen LogP contribution in [0.1, 0.15) is 31.4 Å². The molecule has 0 radical (unpaired) electrons. The van der Waals surface area contributed by atoms with E-state index < -0.39 is 0 Å². The van der Waals surface area contributed by atoms with Gasteiger partial charge in [0.1, 0.15) is 0 Å². The Labute approximate surface area is 192 Å². The Morgan fingerprint density at radius 3 is 2.81 bits per heavy atom. The van der Waals surface area contributed by atoms with Gasteiger partial charge < -0.3 is 14.4 Å². The predicted molar refractivity (Wildman–Crippen MR) is 125 cm³/mol. The number of imidazole rings is 1. The Balaban J connectivity index is 1.38. The van der Waals surface area contributed by atoms with Crippen molar-refractivity contribution in [3.05, 3.63) is 77.3 Å². The third-order valence-corrected chi connectivity index (χ3v) is 6.65. The molecule has 32 heavy (non-hydrogen) atoms. The van der Waals surface area contributed by atoms with Crippen LogP contribution in [0.4, 0.5) is 11.4 Å². The number of aromatic nitrogens is 2. The Morgan fingerprint density at radius 1 is 1.22 bits per heavy atom. The summed E-state index contributed by atoms with van der Waals surface area (Å²) < 4.78 is 2.03. The molecule has 5 rings (SSSR count). The SMILES string of the molecule is CC1(C)CN(C(=O)C2CC(=O)N(c3cccc(Cl)c3)C2)c2ccc(Cn3ccnc3)cc21. The first kappa shape index (κ1) is 20.8. The van der Waals surface area contributed by atoms with E-state index in [1.54, 1.807) is 29.6 Å². The molecule has 0 aliphatic carbocycles. The van der Waals surface area contributed by atoms with Gasteiger partial charge in [-0.25, -0.2) is 4.98 Å². The predicted octanol–water partition coefficient (Wildman–Crippen LogP) is 4.26. The number of amides is 2. The van der Waals surface area contributed by atoms with Crippen LogP contribution in [0, 0.1) is 5.92 Å². The first-order valence-corrected chi connectivity index (χ1v) is 11.2. The quantitative estimate of drug-likeness (QED) is 0.599. The molecule has 1 saturated heterocycles. The fourth-order valence-electron chi connectivity index (χ4n) is 4.80. The molecule has 2 aliphatic rings. The summed E-state index contributed by atoms with van der Waals surface area (Å²) in [5.74, 6) is -0.397. The zero-order valence-corrected chi connectivity index (χ0v) is 18.9. The van der Waals surface area contributed by atoms with Gasteiger partial charge in [0.25, 0.3) is 0 Å². The van der Waals surface area contributed by atoms with Crippen LogP contribution in [0.3, 0.4) is 0 Å². The van der Waals surface area contributed by atoms with Gasteiger partial charge in [-0.3, -0.25) is 9.59 Å². The highest BCUT2D eigenvalue weighted by molar-refractivity contribution is 6.31. The molecule has 6 nitrogen and oxygen atoms in total. The number of hydrogen-bond acceptors (Lipinski definition) is 3. The molecular weight excluding hydrogens is 424 g/mol. The lowest BCUT2D eigenvalue weighted by atomic mass is 9.86. The third kappa shape index (κ3) is 3.69. The van der Waals surface area contributed by atoms with Crippen molar-refractivity contribution in [3.8, 4) is 0 Å². The smallest absolute Gasteiger partial charge is 0.232 e. The fourth-order valence-corrected chi connectivity index (χ4v) is 4.98. The molecule has 3 aromatic rings. The van der Waals surface area contributed by atoms with Gasteiger partial charge in [-0.2, -0.15) is 0 Å². The van der Waals surface area contributed by atoms with Gasteiger partial charge in [0, 0.05) is 60.3 Å². The van der Waals surface area contributed by atoms with Crippen molar-refractivity contribution in [2.75, 3.05) is 22.9 Å². The lowest BCUT2D eigenvalue weighted by Crippen LogP contribution is -2.39. The minimum Gasteiger partial charge on any atom is -0.333 e. The highest BCUT2D eigenvalue weighted by atomic mass is 35.5. The average Bonchev–Trinajstić information content (AvgIpc) is 3.46. The summed E-state index contributed by atoms with van der Waals surface area (Å²) in [5, 5.41) is 0.576. The average molecular weight is 449 g/mol. The van der Waals surface area contributed by atoms with E-state index in [1.807, 2.05) is 33.9 Å². The van der Waals surface area contributed by atoms with Gasteiger partial charge in [-0.15, -0.1) is 0 Å². The molecule has 2 aliphatic heterocycles. The van der Waals surface area contributed by atoms with Crippen molar-refractivity contribution in [1.29, 1.82) is 0 Å². The first-order chi connectivity index (χ1) is 15.3. The van der Waals surface area contributed by atoms with Gasteiger partial charge in [-0.05, 0) is 35.4 Å². The third-order valence-electron chi connectivity index (χ3n) is 6.42. The molecule has 0 bridgehead atoms. The topological polar surface area (TPSA) is 58.4 Å². The second-order valence-electron chi connectivity index (χ2n) is 9.28. The highest BCUT2D eigenvalue weighted by Crippen LogP contribution is 2.42.